The van der Waals surface area contributed by atoms with Crippen molar-refractivity contribution in [1.82, 2.24) is 15.3 Å². The molecule has 1 atom stereocenters. The van der Waals surface area contributed by atoms with Crippen molar-refractivity contribution in [2.24, 2.45) is 0 Å². The van der Waals surface area contributed by atoms with E-state index in [4.69, 9.17) is 0 Å². The topological polar surface area (TPSA) is 41.1 Å². The smallest absolute Gasteiger partial charge is 0.137 e. The molecule has 0 unspecified atom stereocenters. The molecule has 2 aliphatic heterocycles. The van der Waals surface area contributed by atoms with Gasteiger partial charge in [0.2, 0.25) is 0 Å². The standard InChI is InChI=1S/C11H16N4/c1-7-3-4-15(7)11-9-5-12-6-10(9)13-8(2)14-11/h7,12H,3-6H2,1-2H3/t7-/m1/s1. The second-order valence-corrected chi connectivity index (χ2v) is 4.45. The van der Waals surface area contributed by atoms with Gasteiger partial charge in [0.15, 0.2) is 0 Å². The Kier molecular flexibility index (Phi) is 1.92. The van der Waals surface area contributed by atoms with Crippen LogP contribution in [0.4, 0.5) is 5.82 Å². The summed E-state index contributed by atoms with van der Waals surface area (Å²) >= 11 is 0. The molecule has 0 spiro atoms. The van der Waals surface area contributed by atoms with Gasteiger partial charge in [0, 0.05) is 31.2 Å². The number of anilines is 1. The van der Waals surface area contributed by atoms with Gasteiger partial charge in [-0.05, 0) is 20.3 Å². The molecule has 1 saturated heterocycles. The van der Waals surface area contributed by atoms with Crippen molar-refractivity contribution < 1.29 is 0 Å². The van der Waals surface area contributed by atoms with Crippen molar-refractivity contribution in [3.8, 4) is 0 Å². The zero-order valence-corrected chi connectivity index (χ0v) is 9.25. The summed E-state index contributed by atoms with van der Waals surface area (Å²) in [6.07, 6.45) is 1.28. The molecule has 1 aromatic heterocycles. The fourth-order valence-electron chi connectivity index (χ4n) is 2.34. The first-order chi connectivity index (χ1) is 7.25. The van der Waals surface area contributed by atoms with Crippen LogP contribution in [-0.4, -0.2) is 22.6 Å². The molecule has 0 aliphatic carbocycles. The van der Waals surface area contributed by atoms with Crippen LogP contribution in [0.5, 0.6) is 0 Å². The maximum absolute atomic E-state index is 4.59. The van der Waals surface area contributed by atoms with Gasteiger partial charge >= 0.3 is 0 Å². The maximum Gasteiger partial charge on any atom is 0.137 e. The number of hydrogen-bond donors (Lipinski definition) is 1. The molecule has 15 heavy (non-hydrogen) atoms. The number of hydrogen-bond acceptors (Lipinski definition) is 4. The van der Waals surface area contributed by atoms with E-state index in [1.54, 1.807) is 0 Å². The molecule has 0 bridgehead atoms. The van der Waals surface area contributed by atoms with E-state index < -0.39 is 0 Å². The number of fused-ring (bicyclic) bond motifs is 1. The van der Waals surface area contributed by atoms with Crippen LogP contribution < -0.4 is 10.2 Å². The molecule has 80 valence electrons. The minimum absolute atomic E-state index is 0.643. The summed E-state index contributed by atoms with van der Waals surface area (Å²) < 4.78 is 0. The van der Waals surface area contributed by atoms with Crippen LogP contribution in [0.3, 0.4) is 0 Å². The van der Waals surface area contributed by atoms with Gasteiger partial charge in [-0.1, -0.05) is 0 Å². The molecular weight excluding hydrogens is 188 g/mol. The predicted octanol–water partition coefficient (Wildman–Crippen LogP) is 0.987. The van der Waals surface area contributed by atoms with E-state index in [0.29, 0.717) is 6.04 Å². The Bertz CT molecular complexity index is 402. The molecule has 3 heterocycles. The molecule has 0 aromatic carbocycles. The Morgan fingerprint density at radius 3 is 2.87 bits per heavy atom. The van der Waals surface area contributed by atoms with Gasteiger partial charge in [-0.2, -0.15) is 0 Å². The van der Waals surface area contributed by atoms with Crippen molar-refractivity contribution in [2.75, 3.05) is 11.4 Å². The van der Waals surface area contributed by atoms with Crippen molar-refractivity contribution in [3.63, 3.8) is 0 Å². The number of aryl methyl sites for hydroxylation is 1. The van der Waals surface area contributed by atoms with E-state index in [2.05, 4.69) is 27.1 Å². The van der Waals surface area contributed by atoms with Crippen LogP contribution >= 0.6 is 0 Å². The summed E-state index contributed by atoms with van der Waals surface area (Å²) in [6.45, 7) is 7.20. The van der Waals surface area contributed by atoms with Crippen molar-refractivity contribution >= 4 is 5.82 Å². The third-order valence-corrected chi connectivity index (χ3v) is 3.37. The van der Waals surface area contributed by atoms with Gasteiger partial charge in [0.05, 0.1) is 5.69 Å². The fourth-order valence-corrected chi connectivity index (χ4v) is 2.34. The van der Waals surface area contributed by atoms with Gasteiger partial charge in [0.1, 0.15) is 11.6 Å². The highest BCUT2D eigenvalue weighted by molar-refractivity contribution is 5.53. The van der Waals surface area contributed by atoms with E-state index in [1.165, 1.54) is 23.5 Å². The van der Waals surface area contributed by atoms with Crippen LogP contribution in [-0.2, 0) is 13.1 Å². The van der Waals surface area contributed by atoms with E-state index >= 15 is 0 Å². The molecule has 1 aromatic rings. The molecule has 4 nitrogen and oxygen atoms in total. The summed E-state index contributed by atoms with van der Waals surface area (Å²) in [5.74, 6) is 2.06. The number of rotatable bonds is 1. The lowest BCUT2D eigenvalue weighted by Gasteiger charge is -2.40. The molecule has 1 fully saturated rings. The summed E-state index contributed by atoms with van der Waals surface area (Å²) in [6, 6.07) is 0.643. The van der Waals surface area contributed by atoms with Crippen molar-refractivity contribution in [2.45, 2.75) is 39.4 Å². The third kappa shape index (κ3) is 1.32. The first-order valence-corrected chi connectivity index (χ1v) is 5.59. The largest absolute Gasteiger partial charge is 0.353 e. The Labute approximate surface area is 89.7 Å². The van der Waals surface area contributed by atoms with Gasteiger partial charge in [-0.3, -0.25) is 0 Å². The molecule has 2 aliphatic rings. The van der Waals surface area contributed by atoms with E-state index in [9.17, 15) is 0 Å². The normalized spacial score (nSPS) is 23.9. The minimum atomic E-state index is 0.643. The summed E-state index contributed by atoms with van der Waals surface area (Å²) in [5, 5.41) is 3.34. The highest BCUT2D eigenvalue weighted by atomic mass is 15.3. The van der Waals surface area contributed by atoms with Crippen LogP contribution in [0.15, 0.2) is 0 Å². The van der Waals surface area contributed by atoms with Crippen molar-refractivity contribution in [3.05, 3.63) is 17.1 Å². The number of aromatic nitrogens is 2. The monoisotopic (exact) mass is 204 g/mol. The zero-order valence-electron chi connectivity index (χ0n) is 9.25. The highest BCUT2D eigenvalue weighted by Crippen LogP contribution is 2.30. The van der Waals surface area contributed by atoms with E-state index in [1.807, 2.05) is 6.92 Å². The lowest BCUT2D eigenvalue weighted by atomic mass is 10.0. The van der Waals surface area contributed by atoms with Gasteiger partial charge in [-0.25, -0.2) is 9.97 Å². The lowest BCUT2D eigenvalue weighted by molar-refractivity contribution is 0.473. The number of nitrogens with one attached hydrogen (secondary N) is 1. The minimum Gasteiger partial charge on any atom is -0.353 e. The molecule has 3 rings (SSSR count). The Balaban J connectivity index is 2.06. The number of nitrogens with zero attached hydrogens (tertiary/aromatic N) is 3. The fraction of sp³-hybridized carbons (Fsp3) is 0.636. The summed E-state index contributed by atoms with van der Waals surface area (Å²) in [4.78, 5) is 11.5. The summed E-state index contributed by atoms with van der Waals surface area (Å²) in [7, 11) is 0. The van der Waals surface area contributed by atoms with Gasteiger partial charge in [0.25, 0.3) is 0 Å². The zero-order chi connectivity index (χ0) is 10.4. The molecular formula is C11H16N4. The third-order valence-electron chi connectivity index (χ3n) is 3.37. The average molecular weight is 204 g/mol. The average Bonchev–Trinajstić information content (AvgIpc) is 2.63. The Morgan fingerprint density at radius 2 is 2.20 bits per heavy atom. The highest BCUT2D eigenvalue weighted by Gasteiger charge is 2.29. The van der Waals surface area contributed by atoms with Crippen LogP contribution in [0.25, 0.3) is 0 Å². The quantitative estimate of drug-likeness (QED) is 0.740. The molecule has 0 saturated carbocycles. The second kappa shape index (κ2) is 3.17. The Hall–Kier alpha value is -1.16. The van der Waals surface area contributed by atoms with E-state index in [0.717, 1.165) is 25.5 Å². The van der Waals surface area contributed by atoms with E-state index in [-0.39, 0.29) is 0 Å². The SMILES string of the molecule is Cc1nc2c(c(N3CC[C@H]3C)n1)CNC2. The molecule has 0 amide bonds. The molecule has 1 N–H and O–H groups in total. The van der Waals surface area contributed by atoms with Gasteiger partial charge < -0.3 is 10.2 Å². The first-order valence-electron chi connectivity index (χ1n) is 5.59. The first kappa shape index (κ1) is 9.09. The lowest BCUT2D eigenvalue weighted by Crippen LogP contribution is -2.46. The Morgan fingerprint density at radius 1 is 1.33 bits per heavy atom. The molecule has 4 heteroatoms. The van der Waals surface area contributed by atoms with Crippen LogP contribution in [0.1, 0.15) is 30.4 Å². The second-order valence-electron chi connectivity index (χ2n) is 4.45. The van der Waals surface area contributed by atoms with Gasteiger partial charge in [-0.15, -0.1) is 0 Å². The van der Waals surface area contributed by atoms with Crippen LogP contribution in [0, 0.1) is 6.92 Å². The molecule has 0 radical (unpaired) electrons. The predicted molar refractivity (Wildman–Crippen MR) is 58.7 cm³/mol. The van der Waals surface area contributed by atoms with Crippen LogP contribution in [0.2, 0.25) is 0 Å². The maximum atomic E-state index is 4.59. The van der Waals surface area contributed by atoms with Crippen molar-refractivity contribution in [1.29, 1.82) is 0 Å². The summed E-state index contributed by atoms with van der Waals surface area (Å²) in [5.41, 5.74) is 2.50.